The molecule has 0 radical (unpaired) electrons. The zero-order valence-corrected chi connectivity index (χ0v) is 36.2. The summed E-state index contributed by atoms with van der Waals surface area (Å²) in [4.78, 5) is 34.9. The van der Waals surface area contributed by atoms with Crippen molar-refractivity contribution < 1.29 is 37.6 Å². The summed E-state index contributed by atoms with van der Waals surface area (Å²) in [5, 5.41) is 0. The monoisotopic (exact) mass is 814 g/mol. The first-order valence-corrected chi connectivity index (χ1v) is 22.9. The minimum Gasteiger partial charge on any atom is -0.462 e. The summed E-state index contributed by atoms with van der Waals surface area (Å²) in [5.41, 5.74) is 5.34. The molecule has 9 nitrogen and oxygen atoms in total. The molecule has 322 valence electrons. The molecular weight excluding hydrogens is 737 g/mol. The van der Waals surface area contributed by atoms with Crippen LogP contribution in [0.1, 0.15) is 142 Å². The number of allylic oxidation sites excluding steroid dienone is 18. The summed E-state index contributed by atoms with van der Waals surface area (Å²) in [7, 11) is -4.40. The third kappa shape index (κ3) is 42.1. The third-order valence-electron chi connectivity index (χ3n) is 8.12. The minimum atomic E-state index is -4.40. The standard InChI is InChI=1S/C47H76NO8P/c1-3-5-7-9-11-13-15-17-19-21-22-24-25-27-29-31-33-35-37-39-46(49)53-43-45(44-55-57(51,52)54-42-41-48)56-47(50)40-38-36-34-32-30-28-26-23-20-18-16-14-12-10-8-6-4-2/h5,7-8,10-11,13-14,16-17,19-20,22-24,27-30,45H,3-4,6,9,12,15,18,21,25-26,31-44,48H2,1-2H3,(H,51,52)/b7-5+,10-8+,13-11+,16-14+,19-17+,23-20+,24-22+,29-27+,30-28+/t45-/m1/s1. The van der Waals surface area contributed by atoms with Gasteiger partial charge in [0.2, 0.25) is 0 Å². The molecule has 3 N–H and O–H groups in total. The van der Waals surface area contributed by atoms with Crippen LogP contribution in [0.4, 0.5) is 0 Å². The zero-order valence-electron chi connectivity index (χ0n) is 35.3. The number of hydrogen-bond donors (Lipinski definition) is 2. The summed E-state index contributed by atoms with van der Waals surface area (Å²) < 4.78 is 32.7. The van der Waals surface area contributed by atoms with Gasteiger partial charge in [-0.1, -0.05) is 142 Å². The molecule has 0 aromatic heterocycles. The lowest BCUT2D eigenvalue weighted by molar-refractivity contribution is -0.161. The quantitative estimate of drug-likeness (QED) is 0.0270. The summed E-state index contributed by atoms with van der Waals surface area (Å²) in [6.45, 7) is 3.44. The molecule has 0 heterocycles. The molecule has 0 aromatic carbocycles. The Morgan fingerprint density at radius 3 is 1.40 bits per heavy atom. The lowest BCUT2D eigenvalue weighted by atomic mass is 10.1. The second kappa shape index (κ2) is 42.3. The van der Waals surface area contributed by atoms with Crippen LogP contribution in [-0.2, 0) is 32.7 Å². The van der Waals surface area contributed by atoms with E-state index in [1.165, 1.54) is 6.42 Å². The van der Waals surface area contributed by atoms with Gasteiger partial charge in [0.15, 0.2) is 6.10 Å². The summed E-state index contributed by atoms with van der Waals surface area (Å²) in [6, 6.07) is 0. The molecule has 1 unspecified atom stereocenters. The Morgan fingerprint density at radius 2 is 0.965 bits per heavy atom. The number of phosphoric ester groups is 1. The van der Waals surface area contributed by atoms with Crippen molar-refractivity contribution in [1.29, 1.82) is 0 Å². The molecule has 57 heavy (non-hydrogen) atoms. The molecule has 0 saturated heterocycles. The maximum Gasteiger partial charge on any atom is 0.472 e. The zero-order chi connectivity index (χ0) is 41.8. The van der Waals surface area contributed by atoms with Gasteiger partial charge >= 0.3 is 19.8 Å². The molecule has 0 aliphatic heterocycles. The second-order valence-corrected chi connectivity index (χ2v) is 14.9. The minimum absolute atomic E-state index is 0.0363. The Bertz CT molecular complexity index is 1290. The Kier molecular flexibility index (Phi) is 39.8. The number of nitrogens with two attached hydrogens (primary N) is 1. The fourth-order valence-corrected chi connectivity index (χ4v) is 5.77. The molecule has 0 fully saturated rings. The maximum atomic E-state index is 12.6. The highest BCUT2D eigenvalue weighted by Crippen LogP contribution is 2.43. The smallest absolute Gasteiger partial charge is 0.462 e. The number of ether oxygens (including phenoxy) is 2. The summed E-state index contributed by atoms with van der Waals surface area (Å²) >= 11 is 0. The van der Waals surface area contributed by atoms with Crippen LogP contribution in [0.25, 0.3) is 0 Å². The summed E-state index contributed by atoms with van der Waals surface area (Å²) in [6.07, 6.45) is 55.4. The van der Waals surface area contributed by atoms with Crippen molar-refractivity contribution in [2.45, 2.75) is 148 Å². The van der Waals surface area contributed by atoms with Crippen molar-refractivity contribution in [2.24, 2.45) is 5.73 Å². The predicted octanol–water partition coefficient (Wildman–Crippen LogP) is 12.4. The number of unbranched alkanes of at least 4 members (excludes halogenated alkanes) is 7. The van der Waals surface area contributed by atoms with Crippen LogP contribution in [0, 0.1) is 0 Å². The van der Waals surface area contributed by atoms with Gasteiger partial charge in [-0.25, -0.2) is 4.57 Å². The second-order valence-electron chi connectivity index (χ2n) is 13.5. The van der Waals surface area contributed by atoms with Gasteiger partial charge in [0.25, 0.3) is 0 Å². The first-order valence-electron chi connectivity index (χ1n) is 21.4. The predicted molar refractivity (Wildman–Crippen MR) is 238 cm³/mol. The van der Waals surface area contributed by atoms with Crippen LogP contribution in [-0.4, -0.2) is 49.3 Å². The van der Waals surface area contributed by atoms with Gasteiger partial charge < -0.3 is 20.1 Å². The Balaban J connectivity index is 4.32. The first-order chi connectivity index (χ1) is 27.8. The van der Waals surface area contributed by atoms with Crippen molar-refractivity contribution in [3.05, 3.63) is 109 Å². The highest BCUT2D eigenvalue weighted by atomic mass is 31.2. The van der Waals surface area contributed by atoms with Crippen molar-refractivity contribution >= 4 is 19.8 Å². The van der Waals surface area contributed by atoms with Crippen molar-refractivity contribution in [1.82, 2.24) is 0 Å². The Labute approximate surface area is 346 Å². The van der Waals surface area contributed by atoms with Crippen LogP contribution >= 0.6 is 7.82 Å². The fourth-order valence-electron chi connectivity index (χ4n) is 5.00. The van der Waals surface area contributed by atoms with Gasteiger partial charge in [0, 0.05) is 19.4 Å². The molecule has 0 rings (SSSR count). The van der Waals surface area contributed by atoms with E-state index in [0.717, 1.165) is 96.3 Å². The van der Waals surface area contributed by atoms with E-state index >= 15 is 0 Å². The number of rotatable bonds is 38. The third-order valence-corrected chi connectivity index (χ3v) is 9.11. The van der Waals surface area contributed by atoms with Crippen molar-refractivity contribution in [2.75, 3.05) is 26.4 Å². The molecule has 0 spiro atoms. The first kappa shape index (κ1) is 53.7. The van der Waals surface area contributed by atoms with Crippen LogP contribution in [0.5, 0.6) is 0 Å². The largest absolute Gasteiger partial charge is 0.472 e. The van der Waals surface area contributed by atoms with Crippen LogP contribution in [0.2, 0.25) is 0 Å². The van der Waals surface area contributed by atoms with E-state index in [2.05, 4.69) is 123 Å². The van der Waals surface area contributed by atoms with E-state index in [1.54, 1.807) is 0 Å². The molecule has 0 aromatic rings. The number of phosphoric acid groups is 1. The molecule has 0 amide bonds. The van der Waals surface area contributed by atoms with E-state index < -0.39 is 32.5 Å². The van der Waals surface area contributed by atoms with Crippen LogP contribution in [0.15, 0.2) is 109 Å². The van der Waals surface area contributed by atoms with Crippen LogP contribution < -0.4 is 5.73 Å². The van der Waals surface area contributed by atoms with Crippen LogP contribution in [0.3, 0.4) is 0 Å². The highest BCUT2D eigenvalue weighted by Gasteiger charge is 2.25. The lowest BCUT2D eigenvalue weighted by Crippen LogP contribution is -2.29. The van der Waals surface area contributed by atoms with E-state index in [0.29, 0.717) is 12.8 Å². The van der Waals surface area contributed by atoms with E-state index in [1.807, 2.05) is 0 Å². The summed E-state index contributed by atoms with van der Waals surface area (Å²) in [5.74, 6) is -0.916. The molecule has 2 atom stereocenters. The fraction of sp³-hybridized carbons (Fsp3) is 0.574. The molecular formula is C47H76NO8P. The van der Waals surface area contributed by atoms with Gasteiger partial charge in [0.1, 0.15) is 6.61 Å². The molecule has 0 aliphatic rings. The average Bonchev–Trinajstić information content (AvgIpc) is 3.20. The number of hydrogen-bond acceptors (Lipinski definition) is 8. The maximum absolute atomic E-state index is 12.6. The topological polar surface area (TPSA) is 134 Å². The van der Waals surface area contributed by atoms with Gasteiger partial charge in [-0.15, -0.1) is 0 Å². The van der Waals surface area contributed by atoms with Gasteiger partial charge in [-0.2, -0.15) is 0 Å². The molecule has 0 saturated carbocycles. The highest BCUT2D eigenvalue weighted by molar-refractivity contribution is 7.47. The van der Waals surface area contributed by atoms with E-state index in [-0.39, 0.29) is 32.6 Å². The number of carbonyl (C=O) groups is 2. The number of esters is 2. The SMILES string of the molecule is CC/C=C/C/C=C/C/C=C/C/C=C/C/C=C/CCCCCC(=O)OC[C@H](COP(=O)(O)OCCN)OC(=O)CCCCC/C=C/C/C=C/C/C=C/C/C=C/CCC. The Morgan fingerprint density at radius 1 is 0.544 bits per heavy atom. The van der Waals surface area contributed by atoms with Gasteiger partial charge in [-0.05, 0) is 96.3 Å². The van der Waals surface area contributed by atoms with E-state index in [4.69, 9.17) is 24.3 Å². The van der Waals surface area contributed by atoms with E-state index in [9.17, 15) is 19.0 Å². The van der Waals surface area contributed by atoms with Gasteiger partial charge in [-0.3, -0.25) is 18.6 Å². The lowest BCUT2D eigenvalue weighted by Gasteiger charge is -2.19. The number of carbonyl (C=O) groups excluding carboxylic acids is 2. The molecule has 10 heteroatoms. The van der Waals surface area contributed by atoms with Gasteiger partial charge in [0.05, 0.1) is 13.2 Å². The molecule has 0 bridgehead atoms. The van der Waals surface area contributed by atoms with Crippen molar-refractivity contribution in [3.63, 3.8) is 0 Å². The molecule has 0 aliphatic carbocycles. The normalized spacial score (nSPS) is 14.4. The Hall–Kier alpha value is -3.33. The average molecular weight is 814 g/mol. The van der Waals surface area contributed by atoms with Crippen molar-refractivity contribution in [3.8, 4) is 0 Å².